The Bertz CT molecular complexity index is 938. The Morgan fingerprint density at radius 1 is 0.765 bits per heavy atom. The number of benzene rings is 3. The van der Waals surface area contributed by atoms with Gasteiger partial charge in [-0.3, -0.25) is 0 Å². The average molecular weight is 490 g/mol. The molecule has 3 aromatic carbocycles. The van der Waals surface area contributed by atoms with Crippen LogP contribution in [0, 0.1) is 0 Å². The molecular formula is C29H37O3Si2. The highest BCUT2D eigenvalue weighted by molar-refractivity contribution is 6.86. The van der Waals surface area contributed by atoms with Crippen molar-refractivity contribution in [1.82, 2.24) is 0 Å². The van der Waals surface area contributed by atoms with Crippen molar-refractivity contribution in [3.05, 3.63) is 103 Å². The van der Waals surface area contributed by atoms with Gasteiger partial charge in [0.2, 0.25) is 0 Å². The third kappa shape index (κ3) is 6.87. The van der Waals surface area contributed by atoms with Gasteiger partial charge < -0.3 is 13.3 Å². The average Bonchev–Trinajstić information content (AvgIpc) is 2.88. The van der Waals surface area contributed by atoms with E-state index in [1.807, 2.05) is 26.8 Å². The van der Waals surface area contributed by atoms with Gasteiger partial charge in [-0.25, -0.2) is 0 Å². The van der Waals surface area contributed by atoms with Crippen LogP contribution < -0.4 is 10.4 Å². The van der Waals surface area contributed by atoms with Crippen LogP contribution in [0.4, 0.5) is 0 Å². The molecule has 3 aromatic rings. The molecule has 0 spiro atoms. The van der Waals surface area contributed by atoms with Gasteiger partial charge in [-0.2, -0.15) is 0 Å². The largest absolute Gasteiger partial charge is 0.500 e. The van der Waals surface area contributed by atoms with Gasteiger partial charge in [-0.1, -0.05) is 108 Å². The standard InChI is InChI=1S/C29H37O3Si2/c1-5-25-16-15-17-26(24-25)29(22-23-34(30-6-2,31-7-3)32-8-4)33(27-18-11-9-12-19-27)28-20-13-10-14-21-28/h5,9-21,24,29H,1,6-8,22-23H2,2-4H3. The maximum atomic E-state index is 6.22. The van der Waals surface area contributed by atoms with Gasteiger partial charge in [0.05, 0.1) is 0 Å². The van der Waals surface area contributed by atoms with E-state index in [4.69, 9.17) is 13.3 Å². The van der Waals surface area contributed by atoms with E-state index in [0.717, 1.165) is 18.0 Å². The van der Waals surface area contributed by atoms with E-state index in [9.17, 15) is 0 Å². The lowest BCUT2D eigenvalue weighted by atomic mass is 10.1. The molecular weight excluding hydrogens is 452 g/mol. The number of hydrogen-bond donors (Lipinski definition) is 0. The molecule has 0 saturated carbocycles. The lowest BCUT2D eigenvalue weighted by molar-refractivity contribution is 0.0707. The van der Waals surface area contributed by atoms with Crippen molar-refractivity contribution >= 4 is 34.1 Å². The second kappa shape index (κ2) is 13.6. The summed E-state index contributed by atoms with van der Waals surface area (Å²) in [6.07, 6.45) is 2.86. The molecule has 0 aromatic heterocycles. The maximum absolute atomic E-state index is 6.22. The summed E-state index contributed by atoms with van der Waals surface area (Å²) in [5, 5.41) is 2.81. The second-order valence-electron chi connectivity index (χ2n) is 8.09. The number of hydrogen-bond acceptors (Lipinski definition) is 3. The summed E-state index contributed by atoms with van der Waals surface area (Å²) in [6.45, 7) is 11.9. The Hall–Kier alpha value is -2.29. The Kier molecular flexibility index (Phi) is 10.5. The van der Waals surface area contributed by atoms with Crippen LogP contribution in [0.25, 0.3) is 6.08 Å². The van der Waals surface area contributed by atoms with E-state index in [2.05, 4.69) is 91.5 Å². The first-order valence-corrected chi connectivity index (χ1v) is 15.8. The highest BCUT2D eigenvalue weighted by Crippen LogP contribution is 2.30. The SMILES string of the molecule is C=Cc1cccc(C(CC[Si](OCC)(OCC)OCC)[Si](c2ccccc2)c2ccccc2)c1. The van der Waals surface area contributed by atoms with Gasteiger partial charge in [0.25, 0.3) is 0 Å². The lowest BCUT2D eigenvalue weighted by Gasteiger charge is -2.32. The van der Waals surface area contributed by atoms with Crippen molar-refractivity contribution in [2.24, 2.45) is 0 Å². The molecule has 3 rings (SSSR count). The quantitative estimate of drug-likeness (QED) is 0.272. The highest BCUT2D eigenvalue weighted by atomic mass is 28.4. The van der Waals surface area contributed by atoms with Crippen molar-refractivity contribution in [3.63, 3.8) is 0 Å². The molecule has 0 fully saturated rings. The Labute approximate surface area is 208 Å². The molecule has 0 aliphatic carbocycles. The Balaban J connectivity index is 2.09. The molecule has 0 aliphatic rings. The summed E-state index contributed by atoms with van der Waals surface area (Å²) in [4.78, 5) is 0. The van der Waals surface area contributed by atoms with Crippen LogP contribution in [0.2, 0.25) is 6.04 Å². The van der Waals surface area contributed by atoms with Crippen molar-refractivity contribution in [1.29, 1.82) is 0 Å². The zero-order chi connectivity index (χ0) is 24.2. The van der Waals surface area contributed by atoms with Crippen molar-refractivity contribution in [2.45, 2.75) is 38.8 Å². The molecule has 0 aliphatic heterocycles. The van der Waals surface area contributed by atoms with Gasteiger partial charge >= 0.3 is 8.80 Å². The first kappa shape index (κ1) is 26.3. The summed E-state index contributed by atoms with van der Waals surface area (Å²) >= 11 is 0. The molecule has 34 heavy (non-hydrogen) atoms. The fourth-order valence-corrected chi connectivity index (χ4v) is 10.6. The van der Waals surface area contributed by atoms with Crippen molar-refractivity contribution in [3.8, 4) is 0 Å². The molecule has 179 valence electrons. The van der Waals surface area contributed by atoms with Gasteiger partial charge in [-0.15, -0.1) is 0 Å². The molecule has 0 bridgehead atoms. The second-order valence-corrected chi connectivity index (χ2v) is 13.5. The van der Waals surface area contributed by atoms with Gasteiger partial charge in [0.1, 0.15) is 8.80 Å². The minimum absolute atomic E-state index is 0.322. The topological polar surface area (TPSA) is 27.7 Å². The van der Waals surface area contributed by atoms with Crippen LogP contribution in [-0.4, -0.2) is 37.4 Å². The molecule has 1 atom stereocenters. The van der Waals surface area contributed by atoms with Gasteiger partial charge in [-0.05, 0) is 43.9 Å². The van der Waals surface area contributed by atoms with Crippen LogP contribution in [0.15, 0.2) is 91.5 Å². The van der Waals surface area contributed by atoms with Crippen LogP contribution in [0.1, 0.15) is 43.9 Å². The molecule has 1 unspecified atom stereocenters. The first-order chi connectivity index (χ1) is 16.7. The molecule has 0 amide bonds. The van der Waals surface area contributed by atoms with E-state index in [0.29, 0.717) is 25.4 Å². The zero-order valence-corrected chi connectivity index (χ0v) is 22.7. The molecule has 1 radical (unpaired) electrons. The summed E-state index contributed by atoms with van der Waals surface area (Å²) in [7, 11) is -3.92. The van der Waals surface area contributed by atoms with Crippen molar-refractivity contribution in [2.75, 3.05) is 19.8 Å². The van der Waals surface area contributed by atoms with Crippen LogP contribution in [0.5, 0.6) is 0 Å². The Morgan fingerprint density at radius 3 is 1.76 bits per heavy atom. The summed E-state index contributed by atoms with van der Waals surface area (Å²) in [5.74, 6) is 0. The van der Waals surface area contributed by atoms with Gasteiger partial charge in [0.15, 0.2) is 0 Å². The van der Waals surface area contributed by atoms with E-state index >= 15 is 0 Å². The molecule has 0 heterocycles. The zero-order valence-electron chi connectivity index (χ0n) is 20.7. The normalized spacial score (nSPS) is 12.6. The van der Waals surface area contributed by atoms with Crippen LogP contribution >= 0.6 is 0 Å². The van der Waals surface area contributed by atoms with Crippen LogP contribution in [0.3, 0.4) is 0 Å². The third-order valence-electron chi connectivity index (χ3n) is 5.90. The Morgan fingerprint density at radius 2 is 1.29 bits per heavy atom. The fourth-order valence-electron chi connectivity index (χ4n) is 4.51. The predicted molar refractivity (Wildman–Crippen MR) is 147 cm³/mol. The molecule has 0 N–H and O–H groups in total. The fraction of sp³-hybridized carbons (Fsp3) is 0.310. The summed E-state index contributed by atoms with van der Waals surface area (Å²) in [5.41, 5.74) is 2.81. The third-order valence-corrected chi connectivity index (χ3v) is 12.2. The minimum Gasteiger partial charge on any atom is -0.374 e. The number of rotatable bonds is 14. The van der Waals surface area contributed by atoms with E-state index in [1.54, 1.807) is 0 Å². The molecule has 5 heteroatoms. The van der Waals surface area contributed by atoms with Crippen LogP contribution in [-0.2, 0) is 13.3 Å². The summed E-state index contributed by atoms with van der Waals surface area (Å²) < 4.78 is 18.7. The summed E-state index contributed by atoms with van der Waals surface area (Å²) in [6, 6.07) is 31.5. The minimum atomic E-state index is -2.76. The highest BCUT2D eigenvalue weighted by Gasteiger charge is 2.42. The lowest BCUT2D eigenvalue weighted by Crippen LogP contribution is -2.50. The van der Waals surface area contributed by atoms with E-state index in [1.165, 1.54) is 15.9 Å². The molecule has 3 nitrogen and oxygen atoms in total. The monoisotopic (exact) mass is 489 g/mol. The molecule has 0 saturated heterocycles. The van der Waals surface area contributed by atoms with E-state index in [-0.39, 0.29) is 0 Å². The van der Waals surface area contributed by atoms with E-state index < -0.39 is 17.6 Å². The predicted octanol–water partition coefficient (Wildman–Crippen LogP) is 5.70. The first-order valence-electron chi connectivity index (χ1n) is 12.3. The smallest absolute Gasteiger partial charge is 0.374 e. The van der Waals surface area contributed by atoms with Gasteiger partial charge in [0, 0.05) is 25.9 Å². The maximum Gasteiger partial charge on any atom is 0.500 e. The van der Waals surface area contributed by atoms with Crippen molar-refractivity contribution < 1.29 is 13.3 Å².